The Labute approximate surface area is 124 Å². The van der Waals surface area contributed by atoms with Gasteiger partial charge in [-0.1, -0.05) is 17.7 Å². The van der Waals surface area contributed by atoms with Crippen LogP contribution in [0.1, 0.15) is 41.9 Å². The second-order valence-corrected chi connectivity index (χ2v) is 6.33. The van der Waals surface area contributed by atoms with Gasteiger partial charge in [0, 0.05) is 18.4 Å². The van der Waals surface area contributed by atoms with Gasteiger partial charge in [0.1, 0.15) is 11.9 Å². The molecule has 4 heteroatoms. The van der Waals surface area contributed by atoms with E-state index in [0.717, 1.165) is 25.0 Å². The van der Waals surface area contributed by atoms with Crippen LogP contribution in [0.25, 0.3) is 0 Å². The number of carbonyl (C=O) groups excluding carboxylic acids is 1. The average molecular weight is 288 g/mol. The first-order valence-corrected chi connectivity index (χ1v) is 7.69. The highest BCUT2D eigenvalue weighted by molar-refractivity contribution is 5.69. The molecule has 1 aromatic carbocycles. The Balaban J connectivity index is 1.55. The Kier molecular flexibility index (Phi) is 2.96. The first kappa shape index (κ1) is 13.1. The predicted molar refractivity (Wildman–Crippen MR) is 76.6 cm³/mol. The minimum atomic E-state index is -0.147. The molecule has 2 aliphatic heterocycles. The number of hydrogen-bond donors (Lipinski definition) is 0. The van der Waals surface area contributed by atoms with Crippen molar-refractivity contribution in [1.82, 2.24) is 0 Å². The van der Waals surface area contributed by atoms with Crippen LogP contribution in [0.4, 0.5) is 0 Å². The highest BCUT2D eigenvalue weighted by atomic mass is 16.6. The largest absolute Gasteiger partial charge is 0.489 e. The highest BCUT2D eigenvalue weighted by Gasteiger charge is 2.60. The number of hydrogen-bond acceptors (Lipinski definition) is 4. The third-order valence-corrected chi connectivity index (χ3v) is 4.86. The van der Waals surface area contributed by atoms with E-state index in [1.807, 2.05) is 0 Å². The average Bonchev–Trinajstić information content (AvgIpc) is 2.97. The van der Waals surface area contributed by atoms with Gasteiger partial charge in [-0.05, 0) is 25.3 Å². The molecule has 2 heterocycles. The van der Waals surface area contributed by atoms with E-state index in [1.54, 1.807) is 0 Å². The number of carbonyl (C=O) groups is 1. The zero-order valence-corrected chi connectivity index (χ0v) is 12.4. The number of methoxy groups -OCH3 is 1. The summed E-state index contributed by atoms with van der Waals surface area (Å²) in [5, 5.41) is 0. The second kappa shape index (κ2) is 4.73. The Morgan fingerprint density at radius 1 is 1.38 bits per heavy atom. The summed E-state index contributed by atoms with van der Waals surface area (Å²) in [4.78, 5) is 11.2. The second-order valence-electron chi connectivity index (χ2n) is 6.33. The van der Waals surface area contributed by atoms with Gasteiger partial charge in [-0.3, -0.25) is 4.79 Å². The van der Waals surface area contributed by atoms with Crippen molar-refractivity contribution < 1.29 is 19.0 Å². The van der Waals surface area contributed by atoms with E-state index in [4.69, 9.17) is 14.2 Å². The summed E-state index contributed by atoms with van der Waals surface area (Å²) in [6.07, 6.45) is 4.23. The number of rotatable bonds is 4. The summed E-state index contributed by atoms with van der Waals surface area (Å²) in [6, 6.07) is 4.43. The Morgan fingerprint density at radius 3 is 3.05 bits per heavy atom. The summed E-state index contributed by atoms with van der Waals surface area (Å²) in [5.74, 6) is 1.32. The molecule has 4 atom stereocenters. The quantitative estimate of drug-likeness (QED) is 0.631. The molecule has 1 saturated carbocycles. The molecule has 0 spiro atoms. The fraction of sp³-hybridized carbons (Fsp3) is 0.588. The molecule has 0 N–H and O–H groups in total. The molecule has 3 aliphatic rings. The number of benzene rings is 1. The van der Waals surface area contributed by atoms with Gasteiger partial charge in [0.15, 0.2) is 0 Å². The fourth-order valence-electron chi connectivity index (χ4n) is 3.88. The zero-order valence-electron chi connectivity index (χ0n) is 12.4. The van der Waals surface area contributed by atoms with Gasteiger partial charge in [-0.2, -0.15) is 0 Å². The molecule has 1 saturated heterocycles. The number of esters is 1. The topological polar surface area (TPSA) is 48.1 Å². The number of epoxide rings is 1. The molecule has 2 unspecified atom stereocenters. The lowest BCUT2D eigenvalue weighted by Gasteiger charge is -2.12. The van der Waals surface area contributed by atoms with Crippen molar-refractivity contribution in [2.45, 2.75) is 56.8 Å². The van der Waals surface area contributed by atoms with E-state index in [-0.39, 0.29) is 5.97 Å². The molecule has 1 aliphatic carbocycles. The van der Waals surface area contributed by atoms with E-state index in [9.17, 15) is 4.79 Å². The minimum absolute atomic E-state index is 0.147. The van der Waals surface area contributed by atoms with Crippen molar-refractivity contribution in [3.8, 4) is 5.75 Å². The molecule has 1 aromatic rings. The van der Waals surface area contributed by atoms with Crippen molar-refractivity contribution in [3.05, 3.63) is 28.8 Å². The van der Waals surface area contributed by atoms with Crippen molar-refractivity contribution >= 4 is 5.97 Å². The van der Waals surface area contributed by atoms with E-state index >= 15 is 0 Å². The number of aryl methyl sites for hydroxylation is 2. The molecule has 2 fully saturated rings. The molecule has 0 bridgehead atoms. The van der Waals surface area contributed by atoms with Crippen molar-refractivity contribution in [1.29, 1.82) is 0 Å². The Hall–Kier alpha value is -1.55. The monoisotopic (exact) mass is 288 g/mol. The maximum Gasteiger partial charge on any atom is 0.305 e. The van der Waals surface area contributed by atoms with Crippen LogP contribution in [0.5, 0.6) is 5.75 Å². The summed E-state index contributed by atoms with van der Waals surface area (Å²) in [5.41, 5.74) is 3.80. The molecule has 4 nitrogen and oxygen atoms in total. The van der Waals surface area contributed by atoms with Gasteiger partial charge < -0.3 is 14.2 Å². The SMILES string of the molecule is COC(=O)CCCc1cc(C)cc2c1OC1C[C@H]3O[C@H]3C21. The smallest absolute Gasteiger partial charge is 0.305 e. The Bertz CT molecular complexity index is 595. The highest BCUT2D eigenvalue weighted by Crippen LogP contribution is 2.56. The molecule has 4 rings (SSSR count). The van der Waals surface area contributed by atoms with Crippen LogP contribution in [0, 0.1) is 6.92 Å². The van der Waals surface area contributed by atoms with Crippen LogP contribution in [-0.2, 0) is 20.7 Å². The van der Waals surface area contributed by atoms with Gasteiger partial charge >= 0.3 is 5.97 Å². The van der Waals surface area contributed by atoms with E-state index < -0.39 is 0 Å². The third-order valence-electron chi connectivity index (χ3n) is 4.86. The van der Waals surface area contributed by atoms with E-state index in [1.165, 1.54) is 23.8 Å². The van der Waals surface area contributed by atoms with Crippen molar-refractivity contribution in [2.24, 2.45) is 0 Å². The molecule has 0 amide bonds. The van der Waals surface area contributed by atoms with Crippen LogP contribution in [0.3, 0.4) is 0 Å². The number of ether oxygens (including phenoxy) is 3. The predicted octanol–water partition coefficient (Wildman–Crippen LogP) is 2.51. The maximum atomic E-state index is 11.2. The standard InChI is InChI=1S/C17H20O4/c1-9-6-10(4-3-5-14(18)19-2)16-11(7-9)15-12(20-16)8-13-17(15)21-13/h6-7,12-13,15,17H,3-5,8H2,1-2H3/t12?,13-,15?,17-/m1/s1. The number of fused-ring (bicyclic) bond motifs is 5. The van der Waals surface area contributed by atoms with Gasteiger partial charge in [0.25, 0.3) is 0 Å². The van der Waals surface area contributed by atoms with Crippen LogP contribution in [0.2, 0.25) is 0 Å². The molecular formula is C17H20O4. The molecule has 21 heavy (non-hydrogen) atoms. The summed E-state index contributed by atoms with van der Waals surface area (Å²) >= 11 is 0. The summed E-state index contributed by atoms with van der Waals surface area (Å²) < 4.78 is 16.6. The normalized spacial score (nSPS) is 31.1. The molecule has 112 valence electrons. The lowest BCUT2D eigenvalue weighted by Crippen LogP contribution is -2.17. The molecule has 0 aromatic heterocycles. The minimum Gasteiger partial charge on any atom is -0.489 e. The Morgan fingerprint density at radius 2 is 2.24 bits per heavy atom. The van der Waals surface area contributed by atoms with Crippen molar-refractivity contribution in [2.75, 3.05) is 7.11 Å². The fourth-order valence-corrected chi connectivity index (χ4v) is 3.88. The molecular weight excluding hydrogens is 268 g/mol. The van der Waals surface area contributed by atoms with Gasteiger partial charge in [0.2, 0.25) is 0 Å². The van der Waals surface area contributed by atoms with E-state index in [0.29, 0.717) is 30.7 Å². The summed E-state index contributed by atoms with van der Waals surface area (Å²) in [7, 11) is 1.43. The first-order valence-electron chi connectivity index (χ1n) is 7.69. The lowest BCUT2D eigenvalue weighted by molar-refractivity contribution is -0.140. The summed E-state index contributed by atoms with van der Waals surface area (Å²) in [6.45, 7) is 2.12. The maximum absolute atomic E-state index is 11.2. The van der Waals surface area contributed by atoms with Gasteiger partial charge in [-0.15, -0.1) is 0 Å². The van der Waals surface area contributed by atoms with Crippen molar-refractivity contribution in [3.63, 3.8) is 0 Å². The van der Waals surface area contributed by atoms with Crippen LogP contribution in [0.15, 0.2) is 12.1 Å². The van der Waals surface area contributed by atoms with Crippen LogP contribution >= 0.6 is 0 Å². The van der Waals surface area contributed by atoms with Crippen LogP contribution < -0.4 is 4.74 Å². The zero-order chi connectivity index (χ0) is 14.6. The third kappa shape index (κ3) is 2.13. The van der Waals surface area contributed by atoms with Gasteiger partial charge in [0.05, 0.1) is 25.2 Å². The lowest BCUT2D eigenvalue weighted by atomic mass is 9.92. The van der Waals surface area contributed by atoms with Gasteiger partial charge in [-0.25, -0.2) is 0 Å². The van der Waals surface area contributed by atoms with Crippen LogP contribution in [-0.4, -0.2) is 31.4 Å². The molecule has 0 radical (unpaired) electrons. The van der Waals surface area contributed by atoms with E-state index in [2.05, 4.69) is 19.1 Å². The first-order chi connectivity index (χ1) is 10.2.